The van der Waals surface area contributed by atoms with E-state index in [2.05, 4.69) is 30.1 Å². The average molecular weight is 1010 g/mol. The summed E-state index contributed by atoms with van der Waals surface area (Å²) in [6, 6.07) is 1.22. The van der Waals surface area contributed by atoms with Gasteiger partial charge in [0.1, 0.15) is 30.7 Å². The Hall–Kier alpha value is -3.40. The van der Waals surface area contributed by atoms with Gasteiger partial charge in [0.15, 0.2) is 12.3 Å². The highest BCUT2D eigenvalue weighted by molar-refractivity contribution is 7.61. The maximum atomic E-state index is 12.8. The van der Waals surface area contributed by atoms with Crippen LogP contribution in [0.15, 0.2) is 65.7 Å². The second kappa shape index (κ2) is 33.2. The zero-order valence-electron chi connectivity index (χ0n) is 39.4. The molecule has 1 fully saturated rings. The molecule has 0 bridgehead atoms. The van der Waals surface area contributed by atoms with Crippen LogP contribution in [0.4, 0.5) is 5.82 Å². The topological polar surface area (TPSA) is 326 Å². The van der Waals surface area contributed by atoms with Gasteiger partial charge >= 0.3 is 33.3 Å². The fourth-order valence-electron chi connectivity index (χ4n) is 6.61. The Morgan fingerprint density at radius 3 is 2.10 bits per heavy atom. The zero-order chi connectivity index (χ0) is 50.5. The lowest BCUT2D eigenvalue weighted by Crippen LogP contribution is -2.36. The highest BCUT2D eigenvalue weighted by atomic mass is 31.3. The molecule has 0 spiro atoms. The number of aliphatic hydroxyl groups is 5. The minimum Gasteiger partial charge on any atom is -0.462 e. The Morgan fingerprint density at radius 2 is 1.43 bits per heavy atom. The summed E-state index contributed by atoms with van der Waals surface area (Å²) >= 11 is 0. The molecule has 0 amide bonds. The number of nitrogens with two attached hydrogens (primary N) is 1. The molecule has 2 heterocycles. The molecule has 1 saturated heterocycles. The summed E-state index contributed by atoms with van der Waals surface area (Å²) in [5, 5.41) is 51.5. The van der Waals surface area contributed by atoms with Gasteiger partial charge in [-0.2, -0.15) is 9.29 Å². The molecule has 0 aliphatic carbocycles. The van der Waals surface area contributed by atoms with Crippen LogP contribution in [0.5, 0.6) is 0 Å². The minimum absolute atomic E-state index is 0.0303. The predicted octanol–water partition coefficient (Wildman–Crippen LogP) is 5.38. The Balaban J connectivity index is 1.93. The molecular weight excluding hydrogens is 932 g/mol. The number of aromatic nitrogens is 2. The van der Waals surface area contributed by atoms with Crippen molar-refractivity contribution in [2.24, 2.45) is 5.92 Å². The summed E-state index contributed by atoms with van der Waals surface area (Å²) in [4.78, 5) is 61.7. The van der Waals surface area contributed by atoms with Gasteiger partial charge in [0.25, 0.3) is 0 Å². The number of hydrogen-bond acceptors (Lipinski definition) is 18. The van der Waals surface area contributed by atoms with Crippen molar-refractivity contribution in [1.29, 1.82) is 0 Å². The summed E-state index contributed by atoms with van der Waals surface area (Å²) in [6.45, 7) is 3.89. The maximum Gasteiger partial charge on any atom is 0.481 e. The summed E-state index contributed by atoms with van der Waals surface area (Å²) in [6.07, 6.45) is 14.6. The number of unbranched alkanes of at least 4 members (excludes halogenated alkanes) is 7. The van der Waals surface area contributed by atoms with E-state index in [9.17, 15) is 58.8 Å². The van der Waals surface area contributed by atoms with Gasteiger partial charge in [-0.3, -0.25) is 23.2 Å². The van der Waals surface area contributed by atoms with Gasteiger partial charge in [-0.1, -0.05) is 134 Å². The molecular formula is C45H75N3O18P2. The van der Waals surface area contributed by atoms with Gasteiger partial charge in [0.05, 0.1) is 31.5 Å². The Labute approximate surface area is 398 Å². The van der Waals surface area contributed by atoms with Crippen molar-refractivity contribution in [3.63, 3.8) is 0 Å². The molecule has 1 aliphatic heterocycles. The molecule has 11 atom stereocenters. The van der Waals surface area contributed by atoms with Gasteiger partial charge in [-0.15, -0.1) is 0 Å². The fourth-order valence-corrected chi connectivity index (χ4v) is 8.72. The summed E-state index contributed by atoms with van der Waals surface area (Å²) in [5.74, 6) is -0.963. The van der Waals surface area contributed by atoms with Gasteiger partial charge < -0.3 is 55.3 Å². The van der Waals surface area contributed by atoms with Crippen molar-refractivity contribution in [1.82, 2.24) is 9.55 Å². The molecule has 1 aliphatic rings. The average Bonchev–Trinajstić information content (AvgIpc) is 3.56. The Kier molecular flexibility index (Phi) is 29.7. The number of hydrogen-bond donors (Lipinski definition) is 8. The van der Waals surface area contributed by atoms with Crippen molar-refractivity contribution < 1.29 is 81.6 Å². The normalized spacial score (nSPS) is 21.8. The van der Waals surface area contributed by atoms with Gasteiger partial charge in [-0.25, -0.2) is 13.9 Å². The number of nitrogen functional groups attached to an aromatic ring is 1. The summed E-state index contributed by atoms with van der Waals surface area (Å²) in [7, 11) is -11.0. The number of esters is 2. The smallest absolute Gasteiger partial charge is 0.462 e. The lowest BCUT2D eigenvalue weighted by Gasteiger charge is -2.21. The standard InChI is InChI=1S/C45H75N3O18P2/c1-4-6-15-22-34(49)23-17-12-8-9-13-18-24-36(50)37(51)25-20-27-41(53)64-35(30-61-40(52)26-19-14-10-7-11-16-21-33(3)5-2)31-62-67(57,58)66-68(59,60)63-32-38-42(54)43(55)44(65-38)48-29-28-39(46)47-45(48)56/h8-9,12-13,17-18,23-24,28-29,33-38,42-44,49-51,54-55H,4-7,10-11,14-16,19-22,25-27,30-32H2,1-3H3,(H,57,58)(H,59,60)(H2,46,47,56)/b12-8-,13-9+,23-17+,24-18+/t33?,34-,35+,36-,37-,38+,42+,43+,44+/m0/s1. The van der Waals surface area contributed by atoms with Crippen molar-refractivity contribution >= 4 is 33.4 Å². The van der Waals surface area contributed by atoms with Gasteiger partial charge in [-0.05, 0) is 37.7 Å². The van der Waals surface area contributed by atoms with Crippen LogP contribution < -0.4 is 11.4 Å². The molecule has 0 saturated carbocycles. The van der Waals surface area contributed by atoms with Crippen LogP contribution in [0.25, 0.3) is 0 Å². The van der Waals surface area contributed by atoms with Crippen LogP contribution in [0.2, 0.25) is 0 Å². The van der Waals surface area contributed by atoms with Gasteiger partial charge in [0, 0.05) is 19.0 Å². The quantitative estimate of drug-likeness (QED) is 0.0181. The van der Waals surface area contributed by atoms with Crippen LogP contribution in [-0.4, -0.2) is 119 Å². The van der Waals surface area contributed by atoms with Crippen LogP contribution >= 0.6 is 15.6 Å². The van der Waals surface area contributed by atoms with E-state index in [-0.39, 0.29) is 31.5 Å². The second-order valence-corrected chi connectivity index (χ2v) is 19.8. The number of carbonyl (C=O) groups excluding carboxylic acids is 2. The highest BCUT2D eigenvalue weighted by Crippen LogP contribution is 2.60. The van der Waals surface area contributed by atoms with Crippen molar-refractivity contribution in [3.8, 4) is 0 Å². The lowest BCUT2D eigenvalue weighted by atomic mass is 10.00. The number of phosphoric ester groups is 2. The summed E-state index contributed by atoms with van der Waals surface area (Å²) < 4.78 is 56.3. The molecule has 3 unspecified atom stereocenters. The predicted molar refractivity (Wildman–Crippen MR) is 251 cm³/mol. The van der Waals surface area contributed by atoms with E-state index in [1.165, 1.54) is 24.6 Å². The minimum atomic E-state index is -5.51. The second-order valence-electron chi connectivity index (χ2n) is 16.7. The first-order chi connectivity index (χ1) is 32.3. The van der Waals surface area contributed by atoms with Crippen LogP contribution in [0.3, 0.4) is 0 Å². The van der Waals surface area contributed by atoms with E-state index in [0.29, 0.717) is 18.8 Å². The number of allylic oxidation sites excluding steroid dienone is 6. The molecule has 0 radical (unpaired) electrons. The molecule has 1 aromatic heterocycles. The largest absolute Gasteiger partial charge is 0.481 e. The SMILES string of the molecule is CCCCC[C@H](O)/C=C/C=C\C=C\C=C\[C@H](O)[C@@H](O)CCCC(=O)O[C@H](COC(=O)CCCCCCCCC(C)CC)COP(=O)(O)OP(=O)(O)OC[C@H]1O[C@@H](n2ccc(N)nc2=O)[C@H](O)[C@@H]1O. The van der Waals surface area contributed by atoms with Crippen LogP contribution in [0, 0.1) is 5.92 Å². The number of ether oxygens (including phenoxy) is 3. The molecule has 9 N–H and O–H groups in total. The Bertz CT molecular complexity index is 1900. The Morgan fingerprint density at radius 1 is 0.809 bits per heavy atom. The lowest BCUT2D eigenvalue weighted by molar-refractivity contribution is -0.161. The van der Waals surface area contributed by atoms with Crippen LogP contribution in [-0.2, 0) is 46.3 Å². The zero-order valence-corrected chi connectivity index (χ0v) is 41.2. The number of phosphoric acid groups is 2. The summed E-state index contributed by atoms with van der Waals surface area (Å²) in [5.41, 5.74) is 4.54. The molecule has 21 nitrogen and oxygen atoms in total. The molecule has 0 aromatic carbocycles. The molecule has 2 rings (SSSR count). The van der Waals surface area contributed by atoms with E-state index >= 15 is 0 Å². The molecule has 23 heteroatoms. The molecule has 68 heavy (non-hydrogen) atoms. The third-order valence-corrected chi connectivity index (χ3v) is 13.4. The van der Waals surface area contributed by atoms with E-state index in [1.807, 2.05) is 0 Å². The number of nitrogens with zero attached hydrogens (tertiary/aromatic N) is 2. The third kappa shape index (κ3) is 26.0. The molecule has 388 valence electrons. The number of carbonyl (C=O) groups is 2. The third-order valence-electron chi connectivity index (χ3n) is 10.8. The first-order valence-corrected chi connectivity index (χ1v) is 26.4. The van der Waals surface area contributed by atoms with Crippen molar-refractivity contribution in [2.75, 3.05) is 25.6 Å². The van der Waals surface area contributed by atoms with Crippen LogP contribution in [0.1, 0.15) is 130 Å². The number of anilines is 1. The number of aliphatic hydroxyl groups excluding tert-OH is 5. The number of rotatable bonds is 36. The van der Waals surface area contributed by atoms with E-state index in [0.717, 1.165) is 68.6 Å². The van der Waals surface area contributed by atoms with E-state index in [1.54, 1.807) is 36.5 Å². The first kappa shape index (κ1) is 60.7. The van der Waals surface area contributed by atoms with Crippen molar-refractivity contribution in [2.45, 2.75) is 172 Å². The molecule has 1 aromatic rings. The van der Waals surface area contributed by atoms with E-state index in [4.69, 9.17) is 29.0 Å². The monoisotopic (exact) mass is 1010 g/mol. The fraction of sp³-hybridized carbons (Fsp3) is 0.689. The first-order valence-electron chi connectivity index (χ1n) is 23.4. The maximum absolute atomic E-state index is 12.8. The highest BCUT2D eigenvalue weighted by Gasteiger charge is 2.46. The van der Waals surface area contributed by atoms with Crippen molar-refractivity contribution in [3.05, 3.63) is 71.4 Å². The van der Waals surface area contributed by atoms with E-state index < -0.39 is 102 Å². The van der Waals surface area contributed by atoms with Gasteiger partial charge in [0.2, 0.25) is 0 Å².